The lowest BCUT2D eigenvalue weighted by Crippen LogP contribution is -2.29. The molecule has 0 fully saturated rings. The molecular formula is C16H19NO3. The highest BCUT2D eigenvalue weighted by molar-refractivity contribution is 5.95. The van der Waals surface area contributed by atoms with E-state index < -0.39 is 0 Å². The van der Waals surface area contributed by atoms with Crippen LogP contribution in [0, 0.1) is 0 Å². The molecule has 0 aliphatic heterocycles. The van der Waals surface area contributed by atoms with Crippen LogP contribution in [-0.4, -0.2) is 23.0 Å². The maximum absolute atomic E-state index is 12.5. The van der Waals surface area contributed by atoms with Crippen LogP contribution in [-0.2, 0) is 6.42 Å². The van der Waals surface area contributed by atoms with Crippen molar-refractivity contribution in [2.75, 3.05) is 7.05 Å². The summed E-state index contributed by atoms with van der Waals surface area (Å²) in [6, 6.07) is 8.52. The third kappa shape index (κ3) is 2.69. The van der Waals surface area contributed by atoms with E-state index in [0.29, 0.717) is 17.7 Å². The fraction of sp³-hybridized carbons (Fsp3) is 0.312. The molecule has 1 atom stereocenters. The van der Waals surface area contributed by atoms with Gasteiger partial charge in [-0.15, -0.1) is 0 Å². The molecule has 4 heteroatoms. The van der Waals surface area contributed by atoms with Crippen molar-refractivity contribution in [2.24, 2.45) is 0 Å². The van der Waals surface area contributed by atoms with Crippen molar-refractivity contribution >= 4 is 5.91 Å². The topological polar surface area (TPSA) is 53.7 Å². The number of furan rings is 1. The van der Waals surface area contributed by atoms with Gasteiger partial charge >= 0.3 is 0 Å². The van der Waals surface area contributed by atoms with Crippen LogP contribution in [0.4, 0.5) is 0 Å². The van der Waals surface area contributed by atoms with E-state index in [2.05, 4.69) is 0 Å². The number of aromatic hydroxyl groups is 1. The smallest absolute Gasteiger partial charge is 0.257 e. The molecule has 2 aromatic rings. The van der Waals surface area contributed by atoms with E-state index in [1.54, 1.807) is 36.4 Å². The number of hydrogen-bond acceptors (Lipinski definition) is 3. The van der Waals surface area contributed by atoms with Crippen molar-refractivity contribution in [3.05, 3.63) is 53.5 Å². The number of phenols is 1. The Labute approximate surface area is 118 Å². The summed E-state index contributed by atoms with van der Waals surface area (Å²) in [7, 11) is 1.77. The van der Waals surface area contributed by atoms with Gasteiger partial charge in [0, 0.05) is 13.5 Å². The van der Waals surface area contributed by atoms with E-state index >= 15 is 0 Å². The van der Waals surface area contributed by atoms with E-state index in [-0.39, 0.29) is 17.7 Å². The van der Waals surface area contributed by atoms with Crippen molar-refractivity contribution in [3.8, 4) is 5.75 Å². The Kier molecular flexibility index (Phi) is 4.13. The molecule has 1 aromatic carbocycles. The van der Waals surface area contributed by atoms with Gasteiger partial charge in [-0.05, 0) is 30.7 Å². The first-order chi connectivity index (χ1) is 9.54. The lowest BCUT2D eigenvalue weighted by atomic mass is 10.1. The fourth-order valence-electron chi connectivity index (χ4n) is 2.15. The van der Waals surface area contributed by atoms with Crippen LogP contribution in [0.5, 0.6) is 5.75 Å². The van der Waals surface area contributed by atoms with E-state index in [9.17, 15) is 9.90 Å². The summed E-state index contributed by atoms with van der Waals surface area (Å²) in [5, 5.41) is 9.31. The first kappa shape index (κ1) is 14.2. The normalized spacial score (nSPS) is 12.2. The van der Waals surface area contributed by atoms with Crippen molar-refractivity contribution in [1.82, 2.24) is 4.90 Å². The van der Waals surface area contributed by atoms with Gasteiger partial charge in [0.15, 0.2) is 0 Å². The number of nitrogens with zero attached hydrogens (tertiary/aromatic N) is 1. The van der Waals surface area contributed by atoms with Gasteiger partial charge in [0.2, 0.25) is 0 Å². The highest BCUT2D eigenvalue weighted by atomic mass is 16.3. The zero-order valence-electron chi connectivity index (χ0n) is 12.0. The number of hydrogen-bond donors (Lipinski definition) is 1. The highest BCUT2D eigenvalue weighted by Gasteiger charge is 2.22. The summed E-state index contributed by atoms with van der Waals surface area (Å²) in [6.45, 7) is 3.91. The number of amides is 1. The molecule has 0 bridgehead atoms. The lowest BCUT2D eigenvalue weighted by Gasteiger charge is -2.25. The Bertz CT molecular complexity index is 586. The summed E-state index contributed by atoms with van der Waals surface area (Å²) in [5.74, 6) is 0.869. The predicted molar refractivity (Wildman–Crippen MR) is 76.7 cm³/mol. The van der Waals surface area contributed by atoms with Gasteiger partial charge in [0.25, 0.3) is 5.91 Å². The molecule has 0 aliphatic carbocycles. The molecule has 20 heavy (non-hydrogen) atoms. The first-order valence-corrected chi connectivity index (χ1v) is 6.67. The number of aryl methyl sites for hydroxylation is 1. The Balaban J connectivity index is 2.20. The molecule has 0 spiro atoms. The highest BCUT2D eigenvalue weighted by Crippen LogP contribution is 2.24. The molecule has 1 unspecified atom stereocenters. The third-order valence-corrected chi connectivity index (χ3v) is 3.57. The molecule has 0 saturated heterocycles. The minimum Gasteiger partial charge on any atom is -0.508 e. The number of phenolic OH excluding ortho intramolecular Hbond substituents is 1. The summed E-state index contributed by atoms with van der Waals surface area (Å²) < 4.78 is 5.31. The van der Waals surface area contributed by atoms with Crippen LogP contribution >= 0.6 is 0 Å². The quantitative estimate of drug-likeness (QED) is 0.929. The Hall–Kier alpha value is -2.23. The van der Waals surface area contributed by atoms with Crippen molar-refractivity contribution in [2.45, 2.75) is 26.3 Å². The average Bonchev–Trinajstić information content (AvgIpc) is 2.94. The van der Waals surface area contributed by atoms with Gasteiger partial charge in [-0.3, -0.25) is 4.79 Å². The third-order valence-electron chi connectivity index (χ3n) is 3.57. The Morgan fingerprint density at radius 1 is 1.30 bits per heavy atom. The molecule has 0 saturated carbocycles. The van der Waals surface area contributed by atoms with Crippen molar-refractivity contribution < 1.29 is 14.3 Å². The predicted octanol–water partition coefficient (Wildman–Crippen LogP) is 3.38. The van der Waals surface area contributed by atoms with Gasteiger partial charge in [0.1, 0.15) is 11.5 Å². The molecule has 4 nitrogen and oxygen atoms in total. The first-order valence-electron chi connectivity index (χ1n) is 6.67. The zero-order chi connectivity index (χ0) is 14.7. The summed E-state index contributed by atoms with van der Waals surface area (Å²) >= 11 is 0. The van der Waals surface area contributed by atoms with Crippen LogP contribution in [0.2, 0.25) is 0 Å². The van der Waals surface area contributed by atoms with Gasteiger partial charge < -0.3 is 14.4 Å². The number of carbonyl (C=O) groups excluding carboxylic acids is 1. The number of rotatable bonds is 4. The fourth-order valence-corrected chi connectivity index (χ4v) is 2.15. The van der Waals surface area contributed by atoms with Gasteiger partial charge in [-0.25, -0.2) is 0 Å². The Morgan fingerprint density at radius 3 is 2.55 bits per heavy atom. The zero-order valence-corrected chi connectivity index (χ0v) is 12.0. The van der Waals surface area contributed by atoms with Crippen LogP contribution in [0.15, 0.2) is 41.0 Å². The molecule has 1 amide bonds. The standard InChI is InChI=1S/C16H19NO3/c1-4-15-14(9-10-20-15)16(19)17(3)11(2)12-5-7-13(18)8-6-12/h5-11,18H,4H2,1-3H3. The van der Waals surface area contributed by atoms with Crippen LogP contribution < -0.4 is 0 Å². The number of benzene rings is 1. The molecular weight excluding hydrogens is 254 g/mol. The second kappa shape index (κ2) is 5.82. The minimum absolute atomic E-state index is 0.0591. The number of carbonyl (C=O) groups is 1. The lowest BCUT2D eigenvalue weighted by molar-refractivity contribution is 0.0740. The molecule has 1 N–H and O–H groups in total. The second-order valence-electron chi connectivity index (χ2n) is 4.79. The largest absolute Gasteiger partial charge is 0.508 e. The van der Waals surface area contributed by atoms with Gasteiger partial charge in [-0.2, -0.15) is 0 Å². The monoisotopic (exact) mass is 273 g/mol. The summed E-state index contributed by atoms with van der Waals surface area (Å²) in [6.07, 6.45) is 2.24. The van der Waals surface area contributed by atoms with Crippen molar-refractivity contribution in [1.29, 1.82) is 0 Å². The van der Waals surface area contributed by atoms with Gasteiger partial charge in [0.05, 0.1) is 17.9 Å². The van der Waals surface area contributed by atoms with Gasteiger partial charge in [-0.1, -0.05) is 19.1 Å². The van der Waals surface area contributed by atoms with Crippen LogP contribution in [0.3, 0.4) is 0 Å². The average molecular weight is 273 g/mol. The van der Waals surface area contributed by atoms with E-state index in [1.165, 1.54) is 0 Å². The van der Waals surface area contributed by atoms with Crippen LogP contribution in [0.25, 0.3) is 0 Å². The van der Waals surface area contributed by atoms with E-state index in [1.807, 2.05) is 26.0 Å². The SMILES string of the molecule is CCc1occc1C(=O)N(C)C(C)c1ccc(O)cc1. The maximum Gasteiger partial charge on any atom is 0.257 e. The molecule has 0 radical (unpaired) electrons. The molecule has 0 aliphatic rings. The van der Waals surface area contributed by atoms with Crippen molar-refractivity contribution in [3.63, 3.8) is 0 Å². The second-order valence-corrected chi connectivity index (χ2v) is 4.79. The van der Waals surface area contributed by atoms with Crippen LogP contribution in [0.1, 0.15) is 41.6 Å². The van der Waals surface area contributed by atoms with E-state index in [4.69, 9.17) is 4.42 Å². The molecule has 1 heterocycles. The summed E-state index contributed by atoms with van der Waals surface area (Å²) in [4.78, 5) is 14.2. The Morgan fingerprint density at radius 2 is 1.95 bits per heavy atom. The maximum atomic E-state index is 12.5. The molecule has 2 rings (SSSR count). The molecule has 1 aromatic heterocycles. The van der Waals surface area contributed by atoms with E-state index in [0.717, 1.165) is 5.56 Å². The molecule has 106 valence electrons. The summed E-state index contributed by atoms with van der Waals surface area (Å²) in [5.41, 5.74) is 1.58. The minimum atomic E-state index is -0.0808.